The molecule has 1 atom stereocenters. The van der Waals surface area contributed by atoms with E-state index in [0.29, 0.717) is 19.5 Å². The maximum Gasteiger partial charge on any atom is 0.326 e. The summed E-state index contributed by atoms with van der Waals surface area (Å²) in [6.45, 7) is 5.10. The van der Waals surface area contributed by atoms with Gasteiger partial charge in [-0.2, -0.15) is 0 Å². The largest absolute Gasteiger partial charge is 0.480 e. The molecule has 120 valence electrons. The number of nitrogens with zero attached hydrogens (tertiary/aromatic N) is 2. The zero-order valence-electron chi connectivity index (χ0n) is 12.4. The fourth-order valence-electron chi connectivity index (χ4n) is 2.86. The van der Waals surface area contributed by atoms with Crippen LogP contribution in [0.3, 0.4) is 0 Å². The lowest BCUT2D eigenvalue weighted by Gasteiger charge is -2.29. The first-order chi connectivity index (χ1) is 10.2. The first-order valence-corrected chi connectivity index (χ1v) is 7.76. The number of rotatable bonds is 4. The van der Waals surface area contributed by atoms with E-state index in [-0.39, 0.29) is 6.03 Å². The molecule has 2 heterocycles. The summed E-state index contributed by atoms with van der Waals surface area (Å²) in [5.74, 6) is -0.903. The molecule has 2 fully saturated rings. The van der Waals surface area contributed by atoms with Gasteiger partial charge < -0.3 is 20.1 Å². The average Bonchev–Trinajstić information content (AvgIpc) is 2.74. The number of carbonyl (C=O) groups is 2. The van der Waals surface area contributed by atoms with Gasteiger partial charge in [0, 0.05) is 32.7 Å². The molecule has 2 aliphatic rings. The highest BCUT2D eigenvalue weighted by Crippen LogP contribution is 2.17. The van der Waals surface area contributed by atoms with Crippen molar-refractivity contribution in [3.8, 4) is 0 Å². The van der Waals surface area contributed by atoms with Crippen molar-refractivity contribution in [1.82, 2.24) is 15.1 Å². The van der Waals surface area contributed by atoms with E-state index >= 15 is 0 Å². The molecule has 0 radical (unpaired) electrons. The normalized spacial score (nSPS) is 24.4. The van der Waals surface area contributed by atoms with Crippen LogP contribution in [0, 0.1) is 0 Å². The third-order valence-electron chi connectivity index (χ3n) is 4.11. The summed E-state index contributed by atoms with van der Waals surface area (Å²) in [7, 11) is 0. The van der Waals surface area contributed by atoms with Crippen LogP contribution in [-0.2, 0) is 9.53 Å². The van der Waals surface area contributed by atoms with Gasteiger partial charge in [-0.05, 0) is 12.8 Å². The minimum atomic E-state index is -0.903. The van der Waals surface area contributed by atoms with Gasteiger partial charge in [-0.1, -0.05) is 12.8 Å². The molecular weight excluding hydrogens is 274 g/mol. The predicted molar refractivity (Wildman–Crippen MR) is 77.3 cm³/mol. The Hall–Kier alpha value is -1.34. The Morgan fingerprint density at radius 3 is 2.62 bits per heavy atom. The van der Waals surface area contributed by atoms with Crippen molar-refractivity contribution < 1.29 is 19.4 Å². The first-order valence-electron chi connectivity index (χ1n) is 7.76. The predicted octanol–water partition coefficient (Wildman–Crippen LogP) is 0.357. The minimum absolute atomic E-state index is 0.252. The Kier molecular flexibility index (Phi) is 6.25. The second-order valence-electron chi connectivity index (χ2n) is 5.58. The van der Waals surface area contributed by atoms with Gasteiger partial charge in [-0.25, -0.2) is 9.59 Å². The fourth-order valence-corrected chi connectivity index (χ4v) is 2.86. The standard InChI is InChI=1S/C14H25N3O4/c18-13(19)12-4-2-1-3-6-17(12)14(20)15-5-7-16-8-10-21-11-9-16/h12H,1-11H2,(H,15,20)(H,18,19). The van der Waals surface area contributed by atoms with Crippen LogP contribution in [-0.4, -0.2) is 78.9 Å². The molecule has 2 aliphatic heterocycles. The summed E-state index contributed by atoms with van der Waals surface area (Å²) < 4.78 is 5.27. The Morgan fingerprint density at radius 2 is 1.90 bits per heavy atom. The van der Waals surface area contributed by atoms with Crippen LogP contribution in [0.1, 0.15) is 25.7 Å². The number of urea groups is 1. The first kappa shape index (κ1) is 16.0. The van der Waals surface area contributed by atoms with Crippen molar-refractivity contribution in [1.29, 1.82) is 0 Å². The molecule has 7 nitrogen and oxygen atoms in total. The molecule has 0 aromatic heterocycles. The zero-order valence-corrected chi connectivity index (χ0v) is 12.4. The maximum absolute atomic E-state index is 12.2. The second kappa shape index (κ2) is 8.19. The lowest BCUT2D eigenvalue weighted by Crippen LogP contribution is -2.51. The summed E-state index contributed by atoms with van der Waals surface area (Å²) in [4.78, 5) is 27.2. The number of morpholine rings is 1. The van der Waals surface area contributed by atoms with Crippen LogP contribution in [0.4, 0.5) is 4.79 Å². The Labute approximate surface area is 125 Å². The fraction of sp³-hybridized carbons (Fsp3) is 0.857. The molecule has 21 heavy (non-hydrogen) atoms. The van der Waals surface area contributed by atoms with Gasteiger partial charge >= 0.3 is 12.0 Å². The van der Waals surface area contributed by atoms with Crippen molar-refractivity contribution in [2.45, 2.75) is 31.7 Å². The van der Waals surface area contributed by atoms with E-state index in [2.05, 4.69) is 10.2 Å². The monoisotopic (exact) mass is 299 g/mol. The van der Waals surface area contributed by atoms with E-state index in [0.717, 1.165) is 52.1 Å². The number of carbonyl (C=O) groups excluding carboxylic acids is 1. The average molecular weight is 299 g/mol. The molecule has 2 saturated heterocycles. The van der Waals surface area contributed by atoms with E-state index in [1.165, 1.54) is 4.90 Å². The Morgan fingerprint density at radius 1 is 1.14 bits per heavy atom. The summed E-state index contributed by atoms with van der Waals surface area (Å²) in [6, 6.07) is -0.937. The van der Waals surface area contributed by atoms with Crippen molar-refractivity contribution in [2.75, 3.05) is 45.9 Å². The molecule has 2 rings (SSSR count). The molecule has 0 saturated carbocycles. The van der Waals surface area contributed by atoms with Gasteiger partial charge in [-0.15, -0.1) is 0 Å². The topological polar surface area (TPSA) is 82.1 Å². The summed E-state index contributed by atoms with van der Waals surface area (Å²) >= 11 is 0. The highest BCUT2D eigenvalue weighted by Gasteiger charge is 2.30. The van der Waals surface area contributed by atoms with Crippen LogP contribution < -0.4 is 5.32 Å². The van der Waals surface area contributed by atoms with Gasteiger partial charge in [0.2, 0.25) is 0 Å². The summed E-state index contributed by atoms with van der Waals surface area (Å²) in [6.07, 6.45) is 3.28. The molecule has 0 spiro atoms. The number of hydrogen-bond donors (Lipinski definition) is 2. The Bertz CT molecular complexity index is 358. The number of nitrogens with one attached hydrogen (secondary N) is 1. The highest BCUT2D eigenvalue weighted by molar-refractivity contribution is 5.82. The van der Waals surface area contributed by atoms with Crippen LogP contribution >= 0.6 is 0 Å². The third kappa shape index (κ3) is 4.86. The van der Waals surface area contributed by atoms with Crippen LogP contribution in [0.15, 0.2) is 0 Å². The van der Waals surface area contributed by atoms with E-state index in [1.54, 1.807) is 0 Å². The molecule has 0 aromatic rings. The molecular formula is C14H25N3O4. The molecule has 2 N–H and O–H groups in total. The van der Waals surface area contributed by atoms with E-state index < -0.39 is 12.0 Å². The number of aliphatic carboxylic acids is 1. The number of ether oxygens (including phenoxy) is 1. The number of likely N-dealkylation sites (tertiary alicyclic amines) is 1. The zero-order chi connectivity index (χ0) is 15.1. The van der Waals surface area contributed by atoms with Crippen molar-refractivity contribution in [3.05, 3.63) is 0 Å². The van der Waals surface area contributed by atoms with Crippen molar-refractivity contribution >= 4 is 12.0 Å². The quantitative estimate of drug-likeness (QED) is 0.783. The molecule has 0 bridgehead atoms. The number of carboxylic acids is 1. The van der Waals surface area contributed by atoms with Crippen molar-refractivity contribution in [2.24, 2.45) is 0 Å². The minimum Gasteiger partial charge on any atom is -0.480 e. The van der Waals surface area contributed by atoms with Crippen LogP contribution in [0.5, 0.6) is 0 Å². The van der Waals surface area contributed by atoms with Gasteiger partial charge in [0.25, 0.3) is 0 Å². The number of amides is 2. The lowest BCUT2D eigenvalue weighted by molar-refractivity contribution is -0.142. The molecule has 0 aliphatic carbocycles. The molecule has 1 unspecified atom stereocenters. The van der Waals surface area contributed by atoms with Gasteiger partial charge in [0.05, 0.1) is 13.2 Å². The van der Waals surface area contributed by atoms with E-state index in [4.69, 9.17) is 4.74 Å². The molecule has 0 aromatic carbocycles. The number of hydrogen-bond acceptors (Lipinski definition) is 4. The van der Waals surface area contributed by atoms with Gasteiger partial charge in [0.1, 0.15) is 6.04 Å². The molecule has 2 amide bonds. The summed E-state index contributed by atoms with van der Waals surface area (Å²) in [5, 5.41) is 12.1. The SMILES string of the molecule is O=C(O)C1CCCCCN1C(=O)NCCN1CCOCC1. The Balaban J connectivity index is 1.78. The smallest absolute Gasteiger partial charge is 0.326 e. The second-order valence-corrected chi connectivity index (χ2v) is 5.58. The lowest BCUT2D eigenvalue weighted by atomic mass is 10.1. The van der Waals surface area contributed by atoms with E-state index in [9.17, 15) is 14.7 Å². The van der Waals surface area contributed by atoms with Gasteiger partial charge in [-0.3, -0.25) is 4.90 Å². The van der Waals surface area contributed by atoms with Crippen LogP contribution in [0.25, 0.3) is 0 Å². The number of carboxylic acid groups (broad SMARTS) is 1. The van der Waals surface area contributed by atoms with E-state index in [1.807, 2.05) is 0 Å². The summed E-state index contributed by atoms with van der Waals surface area (Å²) in [5.41, 5.74) is 0. The highest BCUT2D eigenvalue weighted by atomic mass is 16.5. The maximum atomic E-state index is 12.2. The van der Waals surface area contributed by atoms with Crippen molar-refractivity contribution in [3.63, 3.8) is 0 Å². The molecule has 7 heteroatoms. The van der Waals surface area contributed by atoms with Gasteiger partial charge in [0.15, 0.2) is 0 Å². The third-order valence-corrected chi connectivity index (χ3v) is 4.11. The van der Waals surface area contributed by atoms with Crippen LogP contribution in [0.2, 0.25) is 0 Å².